The second-order valence-electron chi connectivity index (χ2n) is 24.8. The Balaban J connectivity index is 0.000000135. The van der Waals surface area contributed by atoms with Crippen molar-refractivity contribution >= 4 is 23.7 Å². The minimum absolute atomic E-state index is 0.00219. The highest BCUT2D eigenvalue weighted by atomic mass is 19.1. The number of aryl methyl sites for hydroxylation is 2. The Labute approximate surface area is 611 Å². The zero-order chi connectivity index (χ0) is 73.8. The number of aromatic amines is 3. The van der Waals surface area contributed by atoms with Gasteiger partial charge in [0.1, 0.15) is 23.0 Å². The maximum atomic E-state index is 12.6. The van der Waals surface area contributed by atoms with Gasteiger partial charge in [-0.1, -0.05) is 182 Å². The molecule has 4 aromatic heterocycles. The molecule has 16 rings (SSSR count). The van der Waals surface area contributed by atoms with Crippen LogP contribution in [0.5, 0.6) is 23.0 Å². The number of carboxylic acid groups (broad SMARTS) is 1. The summed E-state index contributed by atoms with van der Waals surface area (Å²) in [6.45, 7) is 5.68. The Hall–Kier alpha value is -12.4. The molecule has 12 aromatic rings. The Bertz CT molecular complexity index is 4670. The van der Waals surface area contributed by atoms with Gasteiger partial charge in [0.25, 0.3) is 17.7 Å². The van der Waals surface area contributed by atoms with Crippen LogP contribution in [0.2, 0.25) is 0 Å². The van der Waals surface area contributed by atoms with Crippen LogP contribution >= 0.6 is 0 Å². The number of rotatable bonds is 16. The van der Waals surface area contributed by atoms with E-state index in [-0.39, 0.29) is 44.1 Å². The molecule has 3 amide bonds. The highest BCUT2D eigenvalue weighted by Gasteiger charge is 2.32. The number of benzene rings is 8. The Morgan fingerprint density at radius 2 is 0.810 bits per heavy atom. The number of alkyl halides is 1. The van der Waals surface area contributed by atoms with Crippen molar-refractivity contribution in [1.29, 1.82) is 0 Å². The van der Waals surface area contributed by atoms with Gasteiger partial charge in [-0.3, -0.25) is 33.7 Å². The number of halogens is 1. The number of aliphatic carboxylic acids is 1. The molecule has 0 fully saturated rings. The number of fused-ring (bicyclic) bond motifs is 4. The Kier molecular flexibility index (Phi) is 25.8. The topological polar surface area (TPSA) is 242 Å². The fourth-order valence-corrected chi connectivity index (χ4v) is 12.7. The lowest BCUT2D eigenvalue weighted by Gasteiger charge is -2.27. The SMILES string of the molecule is C[n+]1[nH]c2c(c1-c1ccccc1)CN(C(=O)COc1ccccc1)CC2.Cn1nc(-c2ccccc2)c2c1CCN(C(=O)COc1ccccc1)C2.O=C(COc1ccccc1)N1CCc2[nH]nc(-c3ccccc3)c2C1.O=C(O)COc1ccccc1.[2H]CF.c1ccc(-c2n[nH]c3c2CNCC3)cc1. The fraction of sp³-hybridized carbons (Fsp3) is 0.229. The van der Waals surface area contributed by atoms with E-state index in [0.717, 1.165) is 101 Å². The first-order valence-electron chi connectivity index (χ1n) is 35.4. The highest BCUT2D eigenvalue weighted by molar-refractivity contribution is 5.80. The van der Waals surface area contributed by atoms with Gasteiger partial charge in [-0.2, -0.15) is 20.4 Å². The number of carbonyl (C=O) groups is 4. The smallest absolute Gasteiger partial charge is 0.341 e. The van der Waals surface area contributed by atoms with Gasteiger partial charge in [-0.15, -0.1) is 4.68 Å². The van der Waals surface area contributed by atoms with Crippen LogP contribution in [0.25, 0.3) is 45.0 Å². The number of ether oxygens (including phenoxy) is 4. The summed E-state index contributed by atoms with van der Waals surface area (Å²) in [5.74, 6) is 1.77. The molecule has 0 unspecified atom stereocenters. The van der Waals surface area contributed by atoms with Crippen molar-refractivity contribution in [3.63, 3.8) is 0 Å². The van der Waals surface area contributed by atoms with E-state index < -0.39 is 13.1 Å². The number of H-pyrrole nitrogens is 3. The van der Waals surface area contributed by atoms with Gasteiger partial charge in [0.15, 0.2) is 33.5 Å². The third-order valence-corrected chi connectivity index (χ3v) is 17.9. The standard InChI is InChI=1S/2C21H21N3O2.C20H19N3O2.C12H13N3.C8H8O3.CH3F/c1-23-19-12-13-24(20(25)15-26-17-10-6-3-7-11-17)14-18(19)21(22-23)16-8-4-2-5-9-16;1-23-21(16-8-4-2-5-9-16)18-14-24(13-12-19(18)22-23)20(25)15-26-17-10-6-3-7-11-17;24-19(14-25-16-9-5-2-6-10-16)23-12-11-18-17(13-23)20(22-21-18)15-7-3-1-4-8-15;1-2-4-9(5-3-1)12-10-8-13-7-6-11(10)14-15-12;9-8(10)6-11-7-4-2-1-3-5-7;1-2/h2*2-11H,12-15H2,1H3;1-10H,11-14H2,(H,21,22);1-5,13H,6-8H2,(H,14,15);1-5H,6H2,(H,9,10);1H3/p+1/i;;;;;1D. The van der Waals surface area contributed by atoms with E-state index in [1.54, 1.807) is 24.3 Å². The molecule has 538 valence electrons. The van der Waals surface area contributed by atoms with Crippen molar-refractivity contribution in [2.75, 3.05) is 59.8 Å². The molecule has 8 aromatic carbocycles. The molecule has 0 bridgehead atoms. The van der Waals surface area contributed by atoms with Gasteiger partial charge in [0.05, 0.1) is 43.4 Å². The van der Waals surface area contributed by atoms with Crippen molar-refractivity contribution < 1.29 is 53.7 Å². The predicted octanol–water partition coefficient (Wildman–Crippen LogP) is 12.0. The number of hydrogen-bond donors (Lipinski definition) is 5. The summed E-state index contributed by atoms with van der Waals surface area (Å²) in [6.07, 6.45) is 3.47. The molecule has 0 radical (unpaired) electrons. The van der Waals surface area contributed by atoms with Crippen LogP contribution in [-0.4, -0.2) is 139 Å². The number of nitrogens with zero attached hydrogens (tertiary/aromatic N) is 8. The van der Waals surface area contributed by atoms with E-state index >= 15 is 0 Å². The van der Waals surface area contributed by atoms with Crippen LogP contribution in [0, 0.1) is 0 Å². The lowest BCUT2D eigenvalue weighted by Crippen LogP contribution is -2.39. The number of carbonyl (C=O) groups excluding carboxylic acids is 3. The number of nitrogens with one attached hydrogen (secondary N) is 4. The first-order valence-corrected chi connectivity index (χ1v) is 34.7. The molecule has 0 saturated carbocycles. The quantitative estimate of drug-likeness (QED) is 0.0566. The van der Waals surface area contributed by atoms with Crippen LogP contribution in [0.4, 0.5) is 4.39 Å². The molecule has 4 aliphatic heterocycles. The van der Waals surface area contributed by atoms with Crippen molar-refractivity contribution in [2.24, 2.45) is 14.1 Å². The average Bonchev–Trinajstić information content (AvgIpc) is 1.63. The molecule has 8 heterocycles. The van der Waals surface area contributed by atoms with E-state index in [2.05, 4.69) is 71.9 Å². The van der Waals surface area contributed by atoms with Crippen LogP contribution in [0.1, 0.15) is 46.4 Å². The number of para-hydroxylation sites is 4. The fourth-order valence-electron chi connectivity index (χ4n) is 12.7. The summed E-state index contributed by atoms with van der Waals surface area (Å²) < 4.78 is 41.2. The largest absolute Gasteiger partial charge is 0.484 e. The van der Waals surface area contributed by atoms with Gasteiger partial charge in [0, 0.05) is 135 Å². The van der Waals surface area contributed by atoms with Gasteiger partial charge in [-0.25, -0.2) is 4.79 Å². The van der Waals surface area contributed by atoms with E-state index in [9.17, 15) is 23.6 Å². The van der Waals surface area contributed by atoms with Crippen LogP contribution < -0.4 is 28.9 Å². The van der Waals surface area contributed by atoms with Crippen molar-refractivity contribution in [3.05, 3.63) is 288 Å². The van der Waals surface area contributed by atoms with Gasteiger partial charge < -0.3 is 44.1 Å². The maximum absolute atomic E-state index is 12.6. The van der Waals surface area contributed by atoms with Crippen molar-refractivity contribution in [1.82, 2.24) is 55.3 Å². The van der Waals surface area contributed by atoms with Crippen molar-refractivity contribution in [3.8, 4) is 68.0 Å². The summed E-state index contributed by atoms with van der Waals surface area (Å²) >= 11 is 0. The zero-order valence-corrected chi connectivity index (χ0v) is 58.8. The van der Waals surface area contributed by atoms with Crippen LogP contribution in [0.15, 0.2) is 243 Å². The monoisotopic (exact) mass is 1410 g/mol. The summed E-state index contributed by atoms with van der Waals surface area (Å²) in [6, 6.07) is 77.9. The van der Waals surface area contributed by atoms with Crippen LogP contribution in [-0.2, 0) is 85.1 Å². The van der Waals surface area contributed by atoms with Gasteiger partial charge >= 0.3 is 5.97 Å². The summed E-state index contributed by atoms with van der Waals surface area (Å²) in [4.78, 5) is 53.4. The van der Waals surface area contributed by atoms with Gasteiger partial charge in [-0.05, 0) is 60.7 Å². The molecule has 105 heavy (non-hydrogen) atoms. The number of hydrogen-bond acceptors (Lipinski definition) is 12. The molecular formula is C83H86FN12O9+. The predicted molar refractivity (Wildman–Crippen MR) is 399 cm³/mol. The molecule has 0 spiro atoms. The van der Waals surface area contributed by atoms with E-state index in [4.69, 9.17) is 30.5 Å². The van der Waals surface area contributed by atoms with E-state index in [1.165, 1.54) is 33.8 Å². The second kappa shape index (κ2) is 37.5. The second-order valence-corrected chi connectivity index (χ2v) is 24.8. The lowest BCUT2D eigenvalue weighted by atomic mass is 10.0. The molecule has 0 aliphatic carbocycles. The van der Waals surface area contributed by atoms with Crippen LogP contribution in [0.3, 0.4) is 0 Å². The van der Waals surface area contributed by atoms with Crippen molar-refractivity contribution in [2.45, 2.75) is 51.9 Å². The summed E-state index contributed by atoms with van der Waals surface area (Å²) in [5, 5.41) is 34.9. The van der Waals surface area contributed by atoms with E-state index in [0.29, 0.717) is 56.5 Å². The lowest BCUT2D eigenvalue weighted by molar-refractivity contribution is -0.717. The Morgan fingerprint density at radius 3 is 1.25 bits per heavy atom. The third kappa shape index (κ3) is 20.0. The average molecular weight is 1420 g/mol. The summed E-state index contributed by atoms with van der Waals surface area (Å²) in [7, 11) is 2.99. The minimum atomic E-state index is -1.00. The van der Waals surface area contributed by atoms with E-state index in [1.807, 2.05) is 215 Å². The molecule has 0 atom stereocenters. The molecule has 4 aliphatic rings. The first kappa shape index (κ1) is 72.4. The molecule has 0 saturated heterocycles. The van der Waals surface area contributed by atoms with Gasteiger partial charge in [0.2, 0.25) is 5.69 Å². The summed E-state index contributed by atoms with van der Waals surface area (Å²) in [5.41, 5.74) is 18.2. The normalized spacial score (nSPS) is 13.1. The molecular weight excluding hydrogens is 1330 g/mol. The first-order chi connectivity index (χ1) is 51.9. The number of amides is 3. The third-order valence-electron chi connectivity index (χ3n) is 17.9. The Morgan fingerprint density at radius 1 is 0.457 bits per heavy atom. The molecule has 22 heteroatoms. The minimum Gasteiger partial charge on any atom is -0.484 e. The zero-order valence-electron chi connectivity index (χ0n) is 59.8. The number of aromatic nitrogens is 8. The molecule has 5 N–H and O–H groups in total. The number of carboxylic acids is 1. The highest BCUT2D eigenvalue weighted by Crippen LogP contribution is 2.33. The molecule has 21 nitrogen and oxygen atoms in total. The maximum Gasteiger partial charge on any atom is 0.341 e.